The Balaban J connectivity index is 1.71. The van der Waals surface area contributed by atoms with Gasteiger partial charge in [0.1, 0.15) is 16.2 Å². The molecule has 0 amide bonds. The fourth-order valence-electron chi connectivity index (χ4n) is 3.46. The van der Waals surface area contributed by atoms with Crippen molar-refractivity contribution in [2.45, 2.75) is 24.6 Å². The lowest BCUT2D eigenvalue weighted by molar-refractivity contribution is -0.241. The first-order chi connectivity index (χ1) is 13.6. The lowest BCUT2D eigenvalue weighted by atomic mass is 9.69. The van der Waals surface area contributed by atoms with Crippen LogP contribution in [0.15, 0.2) is 29.4 Å². The predicted molar refractivity (Wildman–Crippen MR) is 108 cm³/mol. The maximum atomic E-state index is 12.8. The first-order valence-electron chi connectivity index (χ1n) is 8.69. The molecule has 0 bridgehead atoms. The Kier molecular flexibility index (Phi) is 4.79. The average molecular weight is 441 g/mol. The molecular formula is C19H16ClF3N4OS. The summed E-state index contributed by atoms with van der Waals surface area (Å²) in [5.41, 5.74) is 6.23. The standard InChI is InChI=1S/C19H16ClF3N4OS/c1-25-7-10-4-9(8-26-16(10)24)13-3-2-12-14(20)15(29-17(12)27-13)18(28)5-11(6-18)19(21,22)23/h2-4,7-8,11,28H,5-6H2,1H3,(H2,24,26). The Hall–Kier alpha value is -2.23. The van der Waals surface area contributed by atoms with Crippen molar-refractivity contribution in [3.05, 3.63) is 39.9 Å². The molecule has 152 valence electrons. The van der Waals surface area contributed by atoms with Gasteiger partial charge in [0, 0.05) is 36.0 Å². The third-order valence-electron chi connectivity index (χ3n) is 5.06. The zero-order chi connectivity index (χ0) is 21.0. The maximum Gasteiger partial charge on any atom is 0.392 e. The number of nitrogens with zero attached hydrogens (tertiary/aromatic N) is 3. The molecule has 3 aromatic rings. The number of halogens is 4. The molecule has 1 aliphatic rings. The fourth-order valence-corrected chi connectivity index (χ4v) is 5.13. The number of anilines is 1. The molecule has 0 aromatic carbocycles. The lowest BCUT2D eigenvalue weighted by Gasteiger charge is -2.43. The van der Waals surface area contributed by atoms with E-state index >= 15 is 0 Å². The van der Waals surface area contributed by atoms with Gasteiger partial charge in [0.15, 0.2) is 0 Å². The van der Waals surface area contributed by atoms with Crippen molar-refractivity contribution >= 4 is 45.2 Å². The van der Waals surface area contributed by atoms with E-state index in [4.69, 9.17) is 17.3 Å². The minimum Gasteiger partial charge on any atom is -0.384 e. The smallest absolute Gasteiger partial charge is 0.384 e. The Morgan fingerprint density at radius 2 is 2.10 bits per heavy atom. The van der Waals surface area contributed by atoms with Crippen molar-refractivity contribution in [3.8, 4) is 11.3 Å². The van der Waals surface area contributed by atoms with Crippen molar-refractivity contribution in [2.75, 3.05) is 12.8 Å². The van der Waals surface area contributed by atoms with Crippen LogP contribution in [0.25, 0.3) is 21.5 Å². The molecule has 3 heterocycles. The molecule has 0 unspecified atom stereocenters. The van der Waals surface area contributed by atoms with Crippen LogP contribution in [0.3, 0.4) is 0 Å². The molecule has 10 heteroatoms. The second-order valence-electron chi connectivity index (χ2n) is 7.06. The summed E-state index contributed by atoms with van der Waals surface area (Å²) in [5.74, 6) is -1.18. The van der Waals surface area contributed by atoms with Gasteiger partial charge in [0.2, 0.25) is 0 Å². The molecule has 0 spiro atoms. The van der Waals surface area contributed by atoms with Gasteiger partial charge in [-0.15, -0.1) is 11.3 Å². The van der Waals surface area contributed by atoms with Gasteiger partial charge in [-0.05, 0) is 31.0 Å². The summed E-state index contributed by atoms with van der Waals surface area (Å²) in [4.78, 5) is 13.5. The number of thiophene rings is 1. The van der Waals surface area contributed by atoms with Crippen LogP contribution < -0.4 is 5.73 Å². The Morgan fingerprint density at radius 3 is 2.76 bits per heavy atom. The van der Waals surface area contributed by atoms with Gasteiger partial charge in [-0.1, -0.05) is 11.6 Å². The van der Waals surface area contributed by atoms with E-state index in [1.54, 1.807) is 37.7 Å². The van der Waals surface area contributed by atoms with Gasteiger partial charge in [-0.3, -0.25) is 4.99 Å². The third-order valence-corrected chi connectivity index (χ3v) is 6.86. The number of alkyl halides is 3. The van der Waals surface area contributed by atoms with Gasteiger partial charge in [0.25, 0.3) is 0 Å². The van der Waals surface area contributed by atoms with Gasteiger partial charge in [-0.25, -0.2) is 9.97 Å². The van der Waals surface area contributed by atoms with Crippen LogP contribution in [0.5, 0.6) is 0 Å². The molecule has 0 saturated heterocycles. The summed E-state index contributed by atoms with van der Waals surface area (Å²) >= 11 is 7.50. The fraction of sp³-hybridized carbons (Fsp3) is 0.316. The molecule has 0 radical (unpaired) electrons. The van der Waals surface area contributed by atoms with Crippen LogP contribution >= 0.6 is 22.9 Å². The molecule has 4 rings (SSSR count). The van der Waals surface area contributed by atoms with Crippen molar-refractivity contribution in [3.63, 3.8) is 0 Å². The third kappa shape index (κ3) is 3.47. The molecule has 1 saturated carbocycles. The van der Waals surface area contributed by atoms with E-state index in [9.17, 15) is 18.3 Å². The van der Waals surface area contributed by atoms with Crippen molar-refractivity contribution in [1.82, 2.24) is 9.97 Å². The molecule has 0 atom stereocenters. The Morgan fingerprint density at radius 1 is 1.38 bits per heavy atom. The highest BCUT2D eigenvalue weighted by Gasteiger charge is 2.57. The van der Waals surface area contributed by atoms with Crippen molar-refractivity contribution < 1.29 is 18.3 Å². The molecule has 5 nitrogen and oxygen atoms in total. The van der Waals surface area contributed by atoms with Gasteiger partial charge < -0.3 is 10.8 Å². The zero-order valence-corrected chi connectivity index (χ0v) is 16.7. The molecule has 3 N–H and O–H groups in total. The molecule has 1 aliphatic carbocycles. The number of aliphatic hydroxyl groups is 1. The second kappa shape index (κ2) is 6.93. The topological polar surface area (TPSA) is 84.4 Å². The highest BCUT2D eigenvalue weighted by molar-refractivity contribution is 7.19. The summed E-state index contributed by atoms with van der Waals surface area (Å²) in [6, 6.07) is 5.29. The number of pyridine rings is 2. The van der Waals surface area contributed by atoms with Gasteiger partial charge in [0.05, 0.1) is 21.5 Å². The lowest BCUT2D eigenvalue weighted by Crippen LogP contribution is -2.47. The van der Waals surface area contributed by atoms with Crippen molar-refractivity contribution in [1.29, 1.82) is 0 Å². The van der Waals surface area contributed by atoms with E-state index in [0.29, 0.717) is 37.7 Å². The molecule has 3 aromatic heterocycles. The number of rotatable bonds is 3. The number of nitrogen functional groups attached to an aromatic ring is 1. The SMILES string of the molecule is CN=Cc1cc(-c2ccc3c(Cl)c(C4(O)CC(C(F)(F)F)C4)sc3n2)cnc1N. The van der Waals surface area contributed by atoms with E-state index in [1.807, 2.05) is 0 Å². The average Bonchev–Trinajstić information content (AvgIpc) is 2.97. The maximum absolute atomic E-state index is 12.8. The summed E-state index contributed by atoms with van der Waals surface area (Å²) in [5, 5.41) is 11.5. The van der Waals surface area contributed by atoms with Crippen LogP contribution in [0.1, 0.15) is 23.3 Å². The largest absolute Gasteiger partial charge is 0.392 e. The van der Waals surface area contributed by atoms with Crippen LogP contribution in [-0.2, 0) is 5.60 Å². The molecule has 1 fully saturated rings. The predicted octanol–water partition coefficient (Wildman–Crippen LogP) is 4.80. The molecule has 29 heavy (non-hydrogen) atoms. The Bertz CT molecular complexity index is 1120. The van der Waals surface area contributed by atoms with E-state index < -0.39 is 30.5 Å². The van der Waals surface area contributed by atoms with Gasteiger partial charge >= 0.3 is 6.18 Å². The number of aliphatic imine (C=N–C) groups is 1. The summed E-state index contributed by atoms with van der Waals surface area (Å²) < 4.78 is 38.5. The van der Waals surface area contributed by atoms with E-state index in [1.165, 1.54) is 0 Å². The van der Waals surface area contributed by atoms with Crippen molar-refractivity contribution in [2.24, 2.45) is 10.9 Å². The molecular weight excluding hydrogens is 425 g/mol. The number of hydrogen-bond acceptors (Lipinski definition) is 6. The molecule has 0 aliphatic heterocycles. The van der Waals surface area contributed by atoms with E-state index in [2.05, 4.69) is 15.0 Å². The second-order valence-corrected chi connectivity index (χ2v) is 8.44. The summed E-state index contributed by atoms with van der Waals surface area (Å²) in [6.07, 6.45) is -1.93. The zero-order valence-electron chi connectivity index (χ0n) is 15.2. The highest BCUT2D eigenvalue weighted by Crippen LogP contribution is 2.56. The minimum absolute atomic E-state index is 0.251. The van der Waals surface area contributed by atoms with Crippen LogP contribution in [0.2, 0.25) is 5.02 Å². The van der Waals surface area contributed by atoms with Crippen LogP contribution in [-0.4, -0.2) is 34.5 Å². The van der Waals surface area contributed by atoms with E-state index in [0.717, 1.165) is 11.3 Å². The summed E-state index contributed by atoms with van der Waals surface area (Å²) in [6.45, 7) is 0. The van der Waals surface area contributed by atoms with Crippen LogP contribution in [0, 0.1) is 5.92 Å². The first-order valence-corrected chi connectivity index (χ1v) is 9.88. The van der Waals surface area contributed by atoms with E-state index in [-0.39, 0.29) is 5.02 Å². The first kappa shape index (κ1) is 20.1. The normalized spacial score (nSPS) is 22.3. The monoisotopic (exact) mass is 440 g/mol. The van der Waals surface area contributed by atoms with Gasteiger partial charge in [-0.2, -0.15) is 13.2 Å². The van der Waals surface area contributed by atoms with Crippen LogP contribution in [0.4, 0.5) is 19.0 Å². The number of aromatic nitrogens is 2. The Labute approximate surface area is 173 Å². The number of hydrogen-bond donors (Lipinski definition) is 2. The summed E-state index contributed by atoms with van der Waals surface area (Å²) in [7, 11) is 1.63. The number of fused-ring (bicyclic) bond motifs is 1. The highest BCUT2D eigenvalue weighted by atomic mass is 35.5. The number of nitrogens with two attached hydrogens (primary N) is 1. The minimum atomic E-state index is -4.32. The quantitative estimate of drug-likeness (QED) is 0.573.